The van der Waals surface area contributed by atoms with Crippen LogP contribution in [0.3, 0.4) is 0 Å². The summed E-state index contributed by atoms with van der Waals surface area (Å²) in [4.78, 5) is 65.8. The first kappa shape index (κ1) is 35.9. The lowest BCUT2D eigenvalue weighted by Gasteiger charge is -2.59. The molecule has 0 heterocycles. The number of Topliss-reactive ketones (excluding diaryl/α,β-unsaturated/α-hetero) is 5. The van der Waals surface area contributed by atoms with Crippen molar-refractivity contribution in [1.82, 2.24) is 0 Å². The Hall–Kier alpha value is -4.37. The van der Waals surface area contributed by atoms with E-state index in [0.29, 0.717) is 16.7 Å². The summed E-state index contributed by atoms with van der Waals surface area (Å²) in [6, 6.07) is 8.64. The fourth-order valence-electron chi connectivity index (χ4n) is 9.04. The number of aryl methyl sites for hydroxylation is 1. The van der Waals surface area contributed by atoms with E-state index in [9.17, 15) is 44.4 Å². The molecule has 9 nitrogen and oxygen atoms in total. The highest BCUT2D eigenvalue weighted by molar-refractivity contribution is 6.25. The lowest BCUT2D eigenvalue weighted by atomic mass is 9.44. The highest BCUT2D eigenvalue weighted by Crippen LogP contribution is 2.65. The van der Waals surface area contributed by atoms with E-state index in [0.717, 1.165) is 18.1 Å². The van der Waals surface area contributed by atoms with Crippen molar-refractivity contribution in [2.75, 3.05) is 0 Å². The third-order valence-electron chi connectivity index (χ3n) is 11.2. The van der Waals surface area contributed by atoms with Crippen LogP contribution in [0.1, 0.15) is 117 Å². The van der Waals surface area contributed by atoms with E-state index in [1.807, 2.05) is 19.9 Å². The zero-order valence-electron chi connectivity index (χ0n) is 29.5. The van der Waals surface area contributed by atoms with Crippen LogP contribution in [0.25, 0.3) is 0 Å². The average molecular weight is 671 g/mol. The summed E-state index contributed by atoms with van der Waals surface area (Å²) in [6.45, 7) is 13.5. The van der Waals surface area contributed by atoms with Crippen molar-refractivity contribution in [1.29, 1.82) is 0 Å². The first-order valence-corrected chi connectivity index (χ1v) is 16.9. The highest BCUT2D eigenvalue weighted by atomic mass is 16.3. The molecule has 9 heteroatoms. The molecular weight excluding hydrogens is 624 g/mol. The van der Waals surface area contributed by atoms with Gasteiger partial charge in [-0.3, -0.25) is 24.0 Å². The normalized spacial score (nSPS) is 26.6. The molecule has 0 fully saturated rings. The molecule has 0 aromatic heterocycles. The van der Waals surface area contributed by atoms with Gasteiger partial charge in [0.2, 0.25) is 5.78 Å². The van der Waals surface area contributed by atoms with Crippen LogP contribution in [-0.2, 0) is 33.6 Å². The number of phenols is 1. The van der Waals surface area contributed by atoms with Gasteiger partial charge in [-0.1, -0.05) is 71.9 Å². The van der Waals surface area contributed by atoms with Crippen LogP contribution >= 0.6 is 0 Å². The molecule has 4 N–H and O–H groups in total. The van der Waals surface area contributed by atoms with Crippen LogP contribution in [0.5, 0.6) is 5.75 Å². The quantitative estimate of drug-likeness (QED) is 0.174. The minimum atomic E-state index is -2.68. The maximum Gasteiger partial charge on any atom is 0.209 e. The zero-order chi connectivity index (χ0) is 36.5. The Kier molecular flexibility index (Phi) is 8.94. The number of benzene rings is 2. The third-order valence-corrected chi connectivity index (χ3v) is 11.2. The van der Waals surface area contributed by atoms with Gasteiger partial charge in [-0.2, -0.15) is 0 Å². The van der Waals surface area contributed by atoms with Gasteiger partial charge in [0.05, 0.1) is 5.56 Å². The first-order chi connectivity index (χ1) is 22.7. The predicted octanol–water partition coefficient (Wildman–Crippen LogP) is 6.42. The van der Waals surface area contributed by atoms with E-state index >= 15 is 0 Å². The highest BCUT2D eigenvalue weighted by Gasteiger charge is 2.71. The molecular formula is C40H46O9. The summed E-state index contributed by atoms with van der Waals surface area (Å²) in [5.41, 5.74) is -3.02. The molecule has 0 saturated heterocycles. The lowest BCUT2D eigenvalue weighted by molar-refractivity contribution is -0.171. The molecule has 0 amide bonds. The summed E-state index contributed by atoms with van der Waals surface area (Å²) in [6.07, 6.45) is 0.561. The standard InChI is InChI=1S/C40H46O9/c1-19(2)27-16-25(13-14-26(43)15-23-9-11-24(12-10-23)21(5)41)33(44)30-28(27)17-38(7)18-39(8)31(20(3)4)34(45)29(22(6)42)36(47)40(39,49)37(48)32(38)35(30)46/h9-12,16,19-20,31,44-45,48-49H,13-15,17-18H2,1-8H3/t31?,38-,39-,40+/m1/s1. The second-order valence-electron chi connectivity index (χ2n) is 15.4. The van der Waals surface area contributed by atoms with Gasteiger partial charge in [-0.15, -0.1) is 0 Å². The van der Waals surface area contributed by atoms with Gasteiger partial charge in [0.1, 0.15) is 28.6 Å². The molecule has 260 valence electrons. The van der Waals surface area contributed by atoms with E-state index in [4.69, 9.17) is 0 Å². The van der Waals surface area contributed by atoms with E-state index in [-0.39, 0.29) is 72.4 Å². The summed E-state index contributed by atoms with van der Waals surface area (Å²) in [7, 11) is 0. The monoisotopic (exact) mass is 670 g/mol. The average Bonchev–Trinajstić information content (AvgIpc) is 2.98. The Labute approximate surface area is 286 Å². The molecule has 2 aromatic rings. The topological polar surface area (TPSA) is 166 Å². The number of hydrogen-bond acceptors (Lipinski definition) is 9. The molecule has 0 saturated carbocycles. The smallest absolute Gasteiger partial charge is 0.209 e. The number of carbonyl (C=O) groups excluding carboxylic acids is 5. The van der Waals surface area contributed by atoms with Gasteiger partial charge in [0.25, 0.3) is 0 Å². The number of aliphatic hydroxyl groups excluding tert-OH is 2. The Morgan fingerprint density at radius 2 is 1.55 bits per heavy atom. The molecule has 2 aromatic carbocycles. The van der Waals surface area contributed by atoms with Gasteiger partial charge in [0, 0.05) is 40.7 Å². The van der Waals surface area contributed by atoms with E-state index in [1.165, 1.54) is 6.92 Å². The summed E-state index contributed by atoms with van der Waals surface area (Å²) in [5.74, 6) is -5.74. The second-order valence-corrected chi connectivity index (χ2v) is 15.4. The predicted molar refractivity (Wildman–Crippen MR) is 183 cm³/mol. The maximum absolute atomic E-state index is 14.6. The van der Waals surface area contributed by atoms with Crippen molar-refractivity contribution in [2.24, 2.45) is 22.7 Å². The van der Waals surface area contributed by atoms with E-state index in [2.05, 4.69) is 0 Å². The zero-order valence-corrected chi connectivity index (χ0v) is 29.5. The van der Waals surface area contributed by atoms with Crippen LogP contribution in [0.15, 0.2) is 53.0 Å². The maximum atomic E-state index is 14.6. The molecule has 3 aliphatic carbocycles. The minimum Gasteiger partial charge on any atom is -0.511 e. The fourth-order valence-corrected chi connectivity index (χ4v) is 9.04. The van der Waals surface area contributed by atoms with Gasteiger partial charge in [-0.05, 0) is 67.2 Å². The number of aromatic hydroxyl groups is 1. The van der Waals surface area contributed by atoms with Crippen LogP contribution in [-0.4, -0.2) is 54.9 Å². The number of allylic oxidation sites excluding steroid dienone is 2. The molecule has 0 radical (unpaired) electrons. The van der Waals surface area contributed by atoms with Crippen LogP contribution < -0.4 is 0 Å². The molecule has 0 bridgehead atoms. The number of phenolic OH excluding ortho intramolecular Hbond substituents is 1. The van der Waals surface area contributed by atoms with E-state index in [1.54, 1.807) is 52.0 Å². The Bertz CT molecular complexity index is 1880. The fraction of sp³-hybridized carbons (Fsp3) is 0.475. The first-order valence-electron chi connectivity index (χ1n) is 16.9. The Morgan fingerprint density at radius 3 is 2.08 bits per heavy atom. The van der Waals surface area contributed by atoms with Gasteiger partial charge < -0.3 is 20.4 Å². The molecule has 49 heavy (non-hydrogen) atoms. The van der Waals surface area contributed by atoms with Gasteiger partial charge >= 0.3 is 0 Å². The molecule has 4 atom stereocenters. The Morgan fingerprint density at radius 1 is 0.939 bits per heavy atom. The van der Waals surface area contributed by atoms with Crippen molar-refractivity contribution >= 4 is 28.9 Å². The number of carbonyl (C=O) groups is 5. The van der Waals surface area contributed by atoms with Crippen molar-refractivity contribution in [3.05, 3.63) is 86.4 Å². The SMILES string of the molecule is CC(=O)C1=C(O)C(C(C)C)[C@@]2(C)C[C@@]3(C)Cc4c(C(C)C)cc(CCC(=O)Cc5ccc(C(C)=O)cc5)c(O)c4C(=O)C3=C(O)[C@@]2(O)C1=O. The number of hydrogen-bond donors (Lipinski definition) is 4. The number of aliphatic hydroxyl groups is 3. The number of fused-ring (bicyclic) bond motifs is 3. The second kappa shape index (κ2) is 12.2. The third kappa shape index (κ3) is 5.37. The summed E-state index contributed by atoms with van der Waals surface area (Å²) >= 11 is 0. The van der Waals surface area contributed by atoms with Crippen LogP contribution in [0.4, 0.5) is 0 Å². The molecule has 3 aliphatic rings. The van der Waals surface area contributed by atoms with Crippen LogP contribution in [0.2, 0.25) is 0 Å². The largest absolute Gasteiger partial charge is 0.511 e. The van der Waals surface area contributed by atoms with Gasteiger partial charge in [-0.25, -0.2) is 0 Å². The summed E-state index contributed by atoms with van der Waals surface area (Å²) < 4.78 is 0. The molecule has 0 spiro atoms. The van der Waals surface area contributed by atoms with E-state index < -0.39 is 56.8 Å². The summed E-state index contributed by atoms with van der Waals surface area (Å²) in [5, 5.41) is 47.2. The number of ketones is 5. The van der Waals surface area contributed by atoms with Crippen molar-refractivity contribution < 1.29 is 44.4 Å². The number of rotatable bonds is 9. The van der Waals surface area contributed by atoms with Crippen LogP contribution in [0, 0.1) is 22.7 Å². The molecule has 5 rings (SSSR count). The van der Waals surface area contributed by atoms with Crippen molar-refractivity contribution in [3.8, 4) is 5.75 Å². The van der Waals surface area contributed by atoms with Gasteiger partial charge in [0.15, 0.2) is 23.0 Å². The van der Waals surface area contributed by atoms with Crippen molar-refractivity contribution in [3.63, 3.8) is 0 Å². The molecule has 0 aliphatic heterocycles. The van der Waals surface area contributed by atoms with Crippen molar-refractivity contribution in [2.45, 2.75) is 99.0 Å². The minimum absolute atomic E-state index is 0.0207. The Balaban J connectivity index is 1.59. The lowest BCUT2D eigenvalue weighted by Crippen LogP contribution is -2.67. The molecule has 1 unspecified atom stereocenters.